The smallest absolute Gasteiger partial charge is 0.309 e. The number of nitrogens with one attached hydrogen (secondary N) is 1. The van der Waals surface area contributed by atoms with Gasteiger partial charge in [-0.05, 0) is 61.6 Å². The Kier molecular flexibility index (Phi) is 4.75. The zero-order valence-corrected chi connectivity index (χ0v) is 17.2. The van der Waals surface area contributed by atoms with Gasteiger partial charge >= 0.3 is 6.18 Å². The molecule has 1 aromatic heterocycles. The van der Waals surface area contributed by atoms with Gasteiger partial charge in [-0.3, -0.25) is 15.4 Å². The molecule has 0 atom stereocenters. The zero-order chi connectivity index (χ0) is 22.6. The third-order valence-electron chi connectivity index (χ3n) is 5.95. The van der Waals surface area contributed by atoms with E-state index in [2.05, 4.69) is 5.43 Å². The monoisotopic (exact) mass is 442 g/mol. The molecular formula is C23H21F3N4O2. The Hall–Kier alpha value is -3.30. The fraction of sp³-hybridized carbons (Fsp3) is 0.261. The maximum Gasteiger partial charge on any atom is 0.416 e. The molecule has 6 nitrogen and oxygen atoms in total. The summed E-state index contributed by atoms with van der Waals surface area (Å²) in [5.41, 5.74) is 5.30. The van der Waals surface area contributed by atoms with E-state index in [1.165, 1.54) is 23.3 Å². The number of anilines is 1. The second-order valence-corrected chi connectivity index (χ2v) is 7.99. The molecule has 2 aromatic carbocycles. The Balaban J connectivity index is 1.59. The molecule has 0 spiro atoms. The van der Waals surface area contributed by atoms with Crippen molar-refractivity contribution in [3.05, 3.63) is 81.8 Å². The van der Waals surface area contributed by atoms with Crippen LogP contribution in [0.1, 0.15) is 42.4 Å². The summed E-state index contributed by atoms with van der Waals surface area (Å²) < 4.78 is 40.5. The number of halogens is 3. The summed E-state index contributed by atoms with van der Waals surface area (Å²) in [6.45, 7) is 2.45. The molecule has 1 saturated carbocycles. The number of aryl methyl sites for hydroxylation is 1. The molecule has 0 amide bonds. The average Bonchev–Trinajstić information content (AvgIpc) is 3.54. The van der Waals surface area contributed by atoms with Gasteiger partial charge in [0.15, 0.2) is 0 Å². The number of alkyl halides is 3. The van der Waals surface area contributed by atoms with E-state index >= 15 is 0 Å². The summed E-state index contributed by atoms with van der Waals surface area (Å²) >= 11 is 0. The fourth-order valence-electron chi connectivity index (χ4n) is 4.21. The van der Waals surface area contributed by atoms with E-state index < -0.39 is 11.7 Å². The second-order valence-electron chi connectivity index (χ2n) is 7.99. The van der Waals surface area contributed by atoms with Crippen molar-refractivity contribution in [2.45, 2.75) is 38.4 Å². The van der Waals surface area contributed by atoms with Crippen LogP contribution < -0.4 is 16.0 Å². The summed E-state index contributed by atoms with van der Waals surface area (Å²) in [6, 6.07) is 12.0. The topological polar surface area (TPSA) is 60.7 Å². The Morgan fingerprint density at radius 2 is 1.81 bits per heavy atom. The molecule has 0 radical (unpaired) electrons. The van der Waals surface area contributed by atoms with Gasteiger partial charge in [0.25, 0.3) is 5.56 Å². The van der Waals surface area contributed by atoms with Gasteiger partial charge in [-0.15, -0.1) is 0 Å². The highest BCUT2D eigenvalue weighted by Gasteiger charge is 2.32. The number of nitrogens with zero attached hydrogens (tertiary/aromatic N) is 3. The van der Waals surface area contributed by atoms with E-state index in [1.54, 1.807) is 16.7 Å². The predicted molar refractivity (Wildman–Crippen MR) is 115 cm³/mol. The van der Waals surface area contributed by atoms with Crippen LogP contribution in [0.25, 0.3) is 16.6 Å². The number of hydrogen-bond acceptors (Lipinski definition) is 5. The van der Waals surface area contributed by atoms with E-state index in [4.69, 9.17) is 0 Å². The second kappa shape index (κ2) is 7.39. The molecule has 0 saturated heterocycles. The number of pyridine rings is 1. The van der Waals surface area contributed by atoms with E-state index in [9.17, 15) is 23.2 Å². The lowest BCUT2D eigenvalue weighted by molar-refractivity contribution is -0.137. The van der Waals surface area contributed by atoms with E-state index in [1.807, 2.05) is 19.1 Å². The van der Waals surface area contributed by atoms with Crippen LogP contribution >= 0.6 is 0 Å². The van der Waals surface area contributed by atoms with Crippen LogP contribution in [0.4, 0.5) is 18.9 Å². The molecule has 0 bridgehead atoms. The van der Waals surface area contributed by atoms with Gasteiger partial charge in [0, 0.05) is 35.0 Å². The Morgan fingerprint density at radius 3 is 2.44 bits per heavy atom. The molecule has 9 heteroatoms. The van der Waals surface area contributed by atoms with Crippen LogP contribution in [0.3, 0.4) is 0 Å². The zero-order valence-electron chi connectivity index (χ0n) is 17.2. The summed E-state index contributed by atoms with van der Waals surface area (Å²) in [7, 11) is 0. The summed E-state index contributed by atoms with van der Waals surface area (Å²) in [5, 5.41) is 13.6. The number of hydrazine groups is 2. The van der Waals surface area contributed by atoms with Crippen molar-refractivity contribution in [2.75, 3.05) is 5.01 Å². The molecule has 5 rings (SSSR count). The quantitative estimate of drug-likeness (QED) is 0.605. The highest BCUT2D eigenvalue weighted by molar-refractivity contribution is 5.90. The molecule has 32 heavy (non-hydrogen) atoms. The van der Waals surface area contributed by atoms with Gasteiger partial charge in [-0.25, -0.2) is 5.01 Å². The van der Waals surface area contributed by atoms with Gasteiger partial charge in [0.2, 0.25) is 0 Å². The molecule has 2 aliphatic rings. The molecule has 2 N–H and O–H groups in total. The first-order valence-corrected chi connectivity index (χ1v) is 10.4. The van der Waals surface area contributed by atoms with Crippen LogP contribution in [0.5, 0.6) is 0 Å². The van der Waals surface area contributed by atoms with Gasteiger partial charge in [0.05, 0.1) is 22.5 Å². The third-order valence-corrected chi connectivity index (χ3v) is 5.95. The van der Waals surface area contributed by atoms with Crippen LogP contribution in [0.15, 0.2) is 59.5 Å². The summed E-state index contributed by atoms with van der Waals surface area (Å²) in [4.78, 5) is 12.6. The van der Waals surface area contributed by atoms with Crippen LogP contribution in [-0.4, -0.2) is 15.1 Å². The minimum Gasteiger partial charge on any atom is -0.309 e. The van der Waals surface area contributed by atoms with Crippen LogP contribution in [-0.2, 0) is 12.7 Å². The molecule has 1 fully saturated rings. The summed E-state index contributed by atoms with van der Waals surface area (Å²) in [6.07, 6.45) is -0.844. The maximum absolute atomic E-state index is 12.9. The van der Waals surface area contributed by atoms with E-state index in [-0.39, 0.29) is 5.56 Å². The Labute approximate surface area is 181 Å². The van der Waals surface area contributed by atoms with Crippen molar-refractivity contribution in [3.63, 3.8) is 0 Å². The average molecular weight is 442 g/mol. The standard InChI is InChI=1S/C23H21F3N4O2/c1-2-28-20-10-9-17(11-19(20)18(12-22(28)31)14-3-4-14)29-21(13-27-30(29)32)15-5-7-16(8-6-15)23(24,25)26/h5-14,27,32H,2-4H2,1H3. The molecule has 2 heterocycles. The van der Waals surface area contributed by atoms with E-state index in [0.717, 1.165) is 46.7 Å². The van der Waals surface area contributed by atoms with Gasteiger partial charge in [-0.1, -0.05) is 12.1 Å². The minimum atomic E-state index is -4.42. The van der Waals surface area contributed by atoms with Crippen LogP contribution in [0.2, 0.25) is 0 Å². The van der Waals surface area contributed by atoms with Gasteiger partial charge < -0.3 is 4.57 Å². The Morgan fingerprint density at radius 1 is 1.09 bits per heavy atom. The molecule has 166 valence electrons. The lowest BCUT2D eigenvalue weighted by Gasteiger charge is -2.27. The molecule has 0 unspecified atom stereocenters. The molecule has 3 aromatic rings. The number of fused-ring (bicyclic) bond motifs is 1. The third kappa shape index (κ3) is 3.43. The first-order valence-electron chi connectivity index (χ1n) is 10.4. The van der Waals surface area contributed by atoms with Crippen LogP contribution in [0, 0.1) is 0 Å². The first-order chi connectivity index (χ1) is 15.3. The fourth-order valence-corrected chi connectivity index (χ4v) is 4.21. The van der Waals surface area contributed by atoms with Crippen molar-refractivity contribution in [1.82, 2.24) is 15.3 Å². The maximum atomic E-state index is 12.9. The predicted octanol–water partition coefficient (Wildman–Crippen LogP) is 4.85. The SMILES string of the molecule is CCn1c(=O)cc(C2CC2)c2cc(N3C(c4ccc(C(F)(F)F)cc4)=CNN3O)ccc21. The highest BCUT2D eigenvalue weighted by Crippen LogP contribution is 2.43. The van der Waals surface area contributed by atoms with Crippen molar-refractivity contribution in [3.8, 4) is 0 Å². The van der Waals surface area contributed by atoms with Crippen molar-refractivity contribution >= 4 is 22.3 Å². The largest absolute Gasteiger partial charge is 0.416 e. The number of aromatic nitrogens is 1. The van der Waals surface area contributed by atoms with E-state index in [0.29, 0.717) is 29.4 Å². The lowest BCUT2D eigenvalue weighted by atomic mass is 10.0. The number of rotatable bonds is 4. The highest BCUT2D eigenvalue weighted by atomic mass is 19.4. The normalized spacial score (nSPS) is 17.0. The molecule has 1 aliphatic carbocycles. The van der Waals surface area contributed by atoms with Crippen molar-refractivity contribution in [2.24, 2.45) is 0 Å². The first kappa shape index (κ1) is 20.6. The molecular weight excluding hydrogens is 421 g/mol. The van der Waals surface area contributed by atoms with Crippen molar-refractivity contribution < 1.29 is 18.4 Å². The minimum absolute atomic E-state index is 0.0355. The van der Waals surface area contributed by atoms with Gasteiger partial charge in [-0.2, -0.15) is 13.2 Å². The summed E-state index contributed by atoms with van der Waals surface area (Å²) in [5.74, 6) is 0.346. The van der Waals surface area contributed by atoms with Gasteiger partial charge in [0.1, 0.15) is 0 Å². The van der Waals surface area contributed by atoms with Crippen molar-refractivity contribution in [1.29, 1.82) is 0 Å². The number of benzene rings is 2. The Bertz CT molecular complexity index is 1280. The number of hydrogen-bond donors (Lipinski definition) is 2. The lowest BCUT2D eigenvalue weighted by Crippen LogP contribution is -2.40. The molecule has 1 aliphatic heterocycles.